The van der Waals surface area contributed by atoms with E-state index in [1.165, 1.54) is 6.08 Å². The minimum absolute atomic E-state index is 0.0585. The van der Waals surface area contributed by atoms with Crippen molar-refractivity contribution in [3.05, 3.63) is 24.1 Å². The van der Waals surface area contributed by atoms with E-state index in [1.807, 2.05) is 5.41 Å². The van der Waals surface area contributed by atoms with Crippen molar-refractivity contribution in [2.24, 2.45) is 0 Å². The fraction of sp³-hybridized carbons (Fsp3) is 0.500. The van der Waals surface area contributed by atoms with E-state index in [2.05, 4.69) is 13.5 Å². The summed E-state index contributed by atoms with van der Waals surface area (Å²) in [5, 5.41) is 1.81. The summed E-state index contributed by atoms with van der Waals surface area (Å²) in [6.07, 6.45) is 3.09. The van der Waals surface area contributed by atoms with Gasteiger partial charge < -0.3 is 0 Å². The van der Waals surface area contributed by atoms with Gasteiger partial charge in [0.25, 0.3) is 0 Å². The van der Waals surface area contributed by atoms with Crippen molar-refractivity contribution in [3.8, 4) is 0 Å². The van der Waals surface area contributed by atoms with Crippen LogP contribution >= 0.6 is 21.6 Å². The van der Waals surface area contributed by atoms with Crippen molar-refractivity contribution in [2.45, 2.75) is 6.92 Å². The van der Waals surface area contributed by atoms with Crippen molar-refractivity contribution in [3.63, 3.8) is 0 Å². The highest BCUT2D eigenvalue weighted by molar-refractivity contribution is 8.77. The minimum Gasteiger partial charge on any atom is -0.228 e. The van der Waals surface area contributed by atoms with Gasteiger partial charge in [-0.15, -0.1) is 6.58 Å². The monoisotopic (exact) mass is 238 g/mol. The summed E-state index contributed by atoms with van der Waals surface area (Å²) in [5.41, 5.74) is 0. The molecule has 0 radical (unpaired) electrons. The maximum atomic E-state index is 11.1. The minimum atomic E-state index is -2.95. The fourth-order valence-corrected chi connectivity index (χ4v) is 2.86. The molecule has 2 nitrogen and oxygen atoms in total. The number of sulfone groups is 1. The van der Waals surface area contributed by atoms with E-state index in [0.29, 0.717) is 0 Å². The van der Waals surface area contributed by atoms with Crippen LogP contribution in [0.1, 0.15) is 6.92 Å². The molecule has 0 aliphatic heterocycles. The third kappa shape index (κ3) is 8.46. The normalized spacial score (nSPS) is 12.1. The van der Waals surface area contributed by atoms with E-state index in [0.717, 1.165) is 5.75 Å². The first kappa shape index (κ1) is 13.1. The summed E-state index contributed by atoms with van der Waals surface area (Å²) < 4.78 is 22.2. The first-order valence-electron chi connectivity index (χ1n) is 3.87. The molecule has 0 aliphatic carbocycles. The molecule has 5 heteroatoms. The van der Waals surface area contributed by atoms with Crippen LogP contribution in [0.3, 0.4) is 0 Å². The molecule has 76 valence electrons. The lowest BCUT2D eigenvalue weighted by atomic mass is 10.7. The molecule has 13 heavy (non-hydrogen) atoms. The number of hydrogen-bond acceptors (Lipinski definition) is 4. The Morgan fingerprint density at radius 1 is 1.38 bits per heavy atom. The van der Waals surface area contributed by atoms with E-state index in [1.54, 1.807) is 27.7 Å². The Balaban J connectivity index is 3.74. The molecule has 0 fully saturated rings. The van der Waals surface area contributed by atoms with E-state index < -0.39 is 9.84 Å². The Bertz CT molecular complexity index is 255. The van der Waals surface area contributed by atoms with Crippen LogP contribution in [0.4, 0.5) is 0 Å². The van der Waals surface area contributed by atoms with Crippen LogP contribution in [-0.2, 0) is 9.84 Å². The van der Waals surface area contributed by atoms with Crippen LogP contribution in [0.15, 0.2) is 24.1 Å². The summed E-state index contributed by atoms with van der Waals surface area (Å²) in [7, 11) is 0.298. The van der Waals surface area contributed by atoms with Crippen LogP contribution in [0.2, 0.25) is 0 Å². The molecule has 0 bridgehead atoms. The van der Waals surface area contributed by atoms with Crippen molar-refractivity contribution < 1.29 is 8.42 Å². The molecular formula is C8H14O2S3. The Kier molecular flexibility index (Phi) is 7.60. The molecule has 0 unspecified atom stereocenters. The second kappa shape index (κ2) is 7.53. The third-order valence-corrected chi connectivity index (χ3v) is 4.63. The molecule has 0 aromatic heterocycles. The Morgan fingerprint density at radius 2 is 2.08 bits per heavy atom. The summed E-state index contributed by atoms with van der Waals surface area (Å²) >= 11 is 0. The maximum Gasteiger partial charge on any atom is 0.157 e. The molecule has 0 saturated carbocycles. The maximum absolute atomic E-state index is 11.1. The van der Waals surface area contributed by atoms with Gasteiger partial charge in [0.1, 0.15) is 0 Å². The summed E-state index contributed by atoms with van der Waals surface area (Å²) in [6.45, 7) is 5.45. The van der Waals surface area contributed by atoms with Gasteiger partial charge in [0.15, 0.2) is 9.84 Å². The van der Waals surface area contributed by atoms with Crippen molar-refractivity contribution in [1.29, 1.82) is 0 Å². The van der Waals surface area contributed by atoms with Crippen LogP contribution in [0.5, 0.6) is 0 Å². The number of rotatable bonds is 7. The van der Waals surface area contributed by atoms with Gasteiger partial charge in [0.05, 0.1) is 11.5 Å². The molecule has 0 amide bonds. The predicted octanol–water partition coefficient (Wildman–Crippen LogP) is 2.50. The quantitative estimate of drug-likeness (QED) is 0.388. The average Bonchev–Trinajstić information content (AvgIpc) is 2.04. The molecule has 0 saturated heterocycles. The standard InChI is InChI=1S/C8H14O2S3/c1-3-7-13(9,10)8-5-6-12-11-4-2/h3,5-6H,1,4,7-8H2,2H3/b6-5+. The zero-order valence-electron chi connectivity index (χ0n) is 7.60. The van der Waals surface area contributed by atoms with Crippen molar-refractivity contribution in [1.82, 2.24) is 0 Å². The molecule has 0 rings (SSSR count). The number of hydrogen-bond donors (Lipinski definition) is 0. The van der Waals surface area contributed by atoms with Crippen molar-refractivity contribution in [2.75, 3.05) is 17.3 Å². The zero-order chi connectivity index (χ0) is 10.2. The Hall–Kier alpha value is 0.130. The highest BCUT2D eigenvalue weighted by Crippen LogP contribution is 2.21. The first-order chi connectivity index (χ1) is 6.12. The zero-order valence-corrected chi connectivity index (χ0v) is 10.1. The van der Waals surface area contributed by atoms with Gasteiger partial charge in [0, 0.05) is 5.75 Å². The van der Waals surface area contributed by atoms with Gasteiger partial charge in [-0.1, -0.05) is 40.7 Å². The SMILES string of the molecule is C=CCS(=O)(=O)C/C=C/SSCC. The van der Waals surface area contributed by atoms with Crippen LogP contribution in [0, 0.1) is 0 Å². The average molecular weight is 238 g/mol. The second-order valence-corrected chi connectivity index (χ2v) is 6.96. The van der Waals surface area contributed by atoms with Gasteiger partial charge >= 0.3 is 0 Å². The molecular weight excluding hydrogens is 224 g/mol. The largest absolute Gasteiger partial charge is 0.228 e. The Morgan fingerprint density at radius 3 is 2.62 bits per heavy atom. The molecule has 0 spiro atoms. The second-order valence-electron chi connectivity index (χ2n) is 2.24. The molecule has 0 heterocycles. The molecule has 0 atom stereocenters. The van der Waals surface area contributed by atoms with Crippen LogP contribution in [-0.4, -0.2) is 25.7 Å². The molecule has 0 aromatic carbocycles. The summed E-state index contributed by atoms with van der Waals surface area (Å²) in [5.74, 6) is 1.19. The summed E-state index contributed by atoms with van der Waals surface area (Å²) in [4.78, 5) is 0. The Labute approximate surface area is 88.2 Å². The van der Waals surface area contributed by atoms with Crippen LogP contribution < -0.4 is 0 Å². The van der Waals surface area contributed by atoms with Gasteiger partial charge in [-0.05, 0) is 5.41 Å². The molecule has 0 N–H and O–H groups in total. The highest BCUT2D eigenvalue weighted by atomic mass is 33.1. The van der Waals surface area contributed by atoms with E-state index in [9.17, 15) is 8.42 Å². The van der Waals surface area contributed by atoms with Crippen LogP contribution in [0.25, 0.3) is 0 Å². The lowest BCUT2D eigenvalue weighted by Gasteiger charge is -1.94. The topological polar surface area (TPSA) is 34.1 Å². The van der Waals surface area contributed by atoms with Gasteiger partial charge in [0.2, 0.25) is 0 Å². The highest BCUT2D eigenvalue weighted by Gasteiger charge is 2.03. The lowest BCUT2D eigenvalue weighted by molar-refractivity contribution is 0.602. The molecule has 0 aliphatic rings. The van der Waals surface area contributed by atoms with E-state index >= 15 is 0 Å². The van der Waals surface area contributed by atoms with Crippen molar-refractivity contribution >= 4 is 31.4 Å². The summed E-state index contributed by atoms with van der Waals surface area (Å²) in [6, 6.07) is 0. The van der Waals surface area contributed by atoms with Gasteiger partial charge in [-0.3, -0.25) is 0 Å². The first-order valence-corrected chi connectivity index (χ1v) is 8.07. The van der Waals surface area contributed by atoms with E-state index in [-0.39, 0.29) is 11.5 Å². The lowest BCUT2D eigenvalue weighted by Crippen LogP contribution is -2.06. The third-order valence-electron chi connectivity index (χ3n) is 1.06. The van der Waals surface area contributed by atoms with Gasteiger partial charge in [-0.25, -0.2) is 8.42 Å². The smallest absolute Gasteiger partial charge is 0.157 e. The molecule has 0 aromatic rings. The van der Waals surface area contributed by atoms with Gasteiger partial charge in [-0.2, -0.15) is 0 Å². The fourth-order valence-electron chi connectivity index (χ4n) is 0.580. The predicted molar refractivity (Wildman–Crippen MR) is 63.7 cm³/mol. The van der Waals surface area contributed by atoms with E-state index in [4.69, 9.17) is 0 Å².